The zero-order chi connectivity index (χ0) is 21.1. The number of carbonyl (C=O) groups is 1. The van der Waals surface area contributed by atoms with E-state index in [2.05, 4.69) is 11.4 Å². The fraction of sp³-hybridized carbons (Fsp3) is 0.333. The van der Waals surface area contributed by atoms with Crippen molar-refractivity contribution in [3.8, 4) is 23.1 Å². The molecule has 0 spiro atoms. The van der Waals surface area contributed by atoms with Gasteiger partial charge < -0.3 is 14.8 Å². The summed E-state index contributed by atoms with van der Waals surface area (Å²) in [6.07, 6.45) is 3.14. The molecule has 1 heterocycles. The van der Waals surface area contributed by atoms with Gasteiger partial charge in [0.05, 0.1) is 18.5 Å². The van der Waals surface area contributed by atoms with Gasteiger partial charge in [-0.1, -0.05) is 18.2 Å². The molecule has 3 aromatic rings. The predicted octanol–water partition coefficient (Wildman–Crippen LogP) is 4.50. The van der Waals surface area contributed by atoms with Crippen LogP contribution in [0.4, 0.5) is 0 Å². The quantitative estimate of drug-likeness (QED) is 0.599. The van der Waals surface area contributed by atoms with Gasteiger partial charge >= 0.3 is 0 Å². The summed E-state index contributed by atoms with van der Waals surface area (Å²) in [5.41, 5.74) is 3.85. The van der Waals surface area contributed by atoms with Gasteiger partial charge in [0.1, 0.15) is 11.5 Å². The van der Waals surface area contributed by atoms with Crippen LogP contribution in [0.5, 0.6) is 17.4 Å². The molecule has 1 aliphatic carbocycles. The van der Waals surface area contributed by atoms with Crippen molar-refractivity contribution in [2.45, 2.75) is 45.6 Å². The second-order valence-electron chi connectivity index (χ2n) is 7.74. The van der Waals surface area contributed by atoms with Gasteiger partial charge in [-0.05, 0) is 62.9 Å². The number of carbonyl (C=O) groups excluding carboxylic acids is 1. The summed E-state index contributed by atoms with van der Waals surface area (Å²) in [5.74, 6) is 2.08. The van der Waals surface area contributed by atoms with E-state index in [0.29, 0.717) is 30.5 Å². The highest BCUT2D eigenvalue weighted by Gasteiger charge is 2.24. The molecule has 6 nitrogen and oxygen atoms in total. The van der Waals surface area contributed by atoms with E-state index in [1.54, 1.807) is 7.11 Å². The third-order valence-electron chi connectivity index (χ3n) is 5.18. The molecule has 1 N–H and O–H groups in total. The molecule has 0 saturated heterocycles. The Hall–Kier alpha value is -3.28. The van der Waals surface area contributed by atoms with Crippen molar-refractivity contribution in [3.63, 3.8) is 0 Å². The lowest BCUT2D eigenvalue weighted by molar-refractivity contribution is -0.121. The van der Waals surface area contributed by atoms with Crippen LogP contribution in [0.25, 0.3) is 5.69 Å². The molecule has 4 rings (SSSR count). The SMILES string of the molecule is COc1cccc(Oc2c(CCC(=O)NC3CC3)c(C)nn2-c2cccc(C)c2)c1. The predicted molar refractivity (Wildman–Crippen MR) is 116 cm³/mol. The smallest absolute Gasteiger partial charge is 0.226 e. The number of hydrogen-bond donors (Lipinski definition) is 1. The number of rotatable bonds is 8. The second kappa shape index (κ2) is 8.61. The lowest BCUT2D eigenvalue weighted by Gasteiger charge is -2.12. The molecule has 156 valence electrons. The first-order valence-corrected chi connectivity index (χ1v) is 10.3. The Bertz CT molecular complexity index is 1050. The molecular weight excluding hydrogens is 378 g/mol. The Morgan fingerprint density at radius 2 is 1.90 bits per heavy atom. The lowest BCUT2D eigenvalue weighted by atomic mass is 10.1. The van der Waals surface area contributed by atoms with Gasteiger partial charge in [0.15, 0.2) is 0 Å². The molecule has 1 fully saturated rings. The molecule has 1 aliphatic rings. The highest BCUT2D eigenvalue weighted by molar-refractivity contribution is 5.77. The summed E-state index contributed by atoms with van der Waals surface area (Å²) in [5, 5.41) is 7.79. The van der Waals surface area contributed by atoms with E-state index >= 15 is 0 Å². The third-order valence-corrected chi connectivity index (χ3v) is 5.18. The van der Waals surface area contributed by atoms with Gasteiger partial charge in [0, 0.05) is 24.1 Å². The lowest BCUT2D eigenvalue weighted by Crippen LogP contribution is -2.25. The van der Waals surface area contributed by atoms with Crippen molar-refractivity contribution < 1.29 is 14.3 Å². The maximum atomic E-state index is 12.3. The topological polar surface area (TPSA) is 65.4 Å². The number of nitrogens with zero attached hydrogens (tertiary/aromatic N) is 2. The normalized spacial score (nSPS) is 13.2. The first-order valence-electron chi connectivity index (χ1n) is 10.3. The minimum absolute atomic E-state index is 0.0764. The maximum absolute atomic E-state index is 12.3. The minimum atomic E-state index is 0.0764. The summed E-state index contributed by atoms with van der Waals surface area (Å²) in [7, 11) is 1.63. The van der Waals surface area contributed by atoms with E-state index in [9.17, 15) is 4.79 Å². The van der Waals surface area contributed by atoms with Crippen molar-refractivity contribution in [2.24, 2.45) is 0 Å². The number of benzene rings is 2. The molecule has 0 atom stereocenters. The van der Waals surface area contributed by atoms with Gasteiger partial charge in [-0.25, -0.2) is 4.68 Å². The fourth-order valence-corrected chi connectivity index (χ4v) is 3.41. The van der Waals surface area contributed by atoms with E-state index < -0.39 is 0 Å². The van der Waals surface area contributed by atoms with Gasteiger partial charge in [0.2, 0.25) is 11.8 Å². The summed E-state index contributed by atoms with van der Waals surface area (Å²) in [6.45, 7) is 4.00. The minimum Gasteiger partial charge on any atom is -0.497 e. The summed E-state index contributed by atoms with van der Waals surface area (Å²) in [4.78, 5) is 12.3. The van der Waals surface area contributed by atoms with Crippen molar-refractivity contribution >= 4 is 5.91 Å². The summed E-state index contributed by atoms with van der Waals surface area (Å²) >= 11 is 0. The molecule has 0 radical (unpaired) electrons. The van der Waals surface area contributed by atoms with Gasteiger partial charge in [-0.15, -0.1) is 0 Å². The molecular formula is C24H27N3O3. The van der Waals surface area contributed by atoms with E-state index in [4.69, 9.17) is 14.6 Å². The van der Waals surface area contributed by atoms with Crippen LogP contribution in [0.3, 0.4) is 0 Å². The zero-order valence-corrected chi connectivity index (χ0v) is 17.6. The number of aromatic nitrogens is 2. The average molecular weight is 405 g/mol. The standard InChI is InChI=1S/C24H27N3O3/c1-16-6-4-7-19(14-16)27-24(30-21-9-5-8-20(15-21)29-3)22(17(2)26-27)12-13-23(28)25-18-10-11-18/h4-9,14-15,18H,10-13H2,1-3H3,(H,25,28). The van der Waals surface area contributed by atoms with Crippen LogP contribution >= 0.6 is 0 Å². The Balaban J connectivity index is 1.67. The maximum Gasteiger partial charge on any atom is 0.226 e. The Morgan fingerprint density at radius 3 is 2.63 bits per heavy atom. The highest BCUT2D eigenvalue weighted by Crippen LogP contribution is 2.33. The van der Waals surface area contributed by atoms with E-state index in [-0.39, 0.29) is 5.91 Å². The zero-order valence-electron chi connectivity index (χ0n) is 17.6. The fourth-order valence-electron chi connectivity index (χ4n) is 3.41. The van der Waals surface area contributed by atoms with Gasteiger partial charge in [0.25, 0.3) is 0 Å². The second-order valence-corrected chi connectivity index (χ2v) is 7.74. The van der Waals surface area contributed by atoms with Crippen LogP contribution in [0.1, 0.15) is 36.1 Å². The van der Waals surface area contributed by atoms with Crippen molar-refractivity contribution in [2.75, 3.05) is 7.11 Å². The highest BCUT2D eigenvalue weighted by atomic mass is 16.5. The van der Waals surface area contributed by atoms with Crippen LogP contribution in [0.15, 0.2) is 48.5 Å². The summed E-state index contributed by atoms with van der Waals surface area (Å²) < 4.78 is 13.5. The third kappa shape index (κ3) is 4.64. The molecule has 1 amide bonds. The first-order chi connectivity index (χ1) is 14.5. The summed E-state index contributed by atoms with van der Waals surface area (Å²) in [6, 6.07) is 16.0. The molecule has 1 saturated carbocycles. The molecule has 30 heavy (non-hydrogen) atoms. The van der Waals surface area contributed by atoms with Crippen molar-refractivity contribution in [3.05, 3.63) is 65.4 Å². The largest absolute Gasteiger partial charge is 0.497 e. The first kappa shape index (κ1) is 20.0. The molecule has 2 aromatic carbocycles. The van der Waals surface area contributed by atoms with E-state index in [1.807, 2.05) is 61.0 Å². The molecule has 0 bridgehead atoms. The van der Waals surface area contributed by atoms with Crippen LogP contribution in [-0.2, 0) is 11.2 Å². The number of aryl methyl sites for hydroxylation is 2. The number of ether oxygens (including phenoxy) is 2. The molecule has 1 aromatic heterocycles. The van der Waals surface area contributed by atoms with Gasteiger partial charge in [-0.3, -0.25) is 4.79 Å². The van der Waals surface area contributed by atoms with Crippen molar-refractivity contribution in [1.29, 1.82) is 0 Å². The Labute approximate surface area is 176 Å². The number of methoxy groups -OCH3 is 1. The number of hydrogen-bond acceptors (Lipinski definition) is 4. The molecule has 6 heteroatoms. The Kier molecular flexibility index (Phi) is 5.74. The average Bonchev–Trinajstić information content (AvgIpc) is 3.49. The van der Waals surface area contributed by atoms with E-state index in [1.165, 1.54) is 0 Å². The number of nitrogens with one attached hydrogen (secondary N) is 1. The van der Waals surface area contributed by atoms with Crippen LogP contribution in [-0.4, -0.2) is 28.8 Å². The Morgan fingerprint density at radius 1 is 1.13 bits per heavy atom. The van der Waals surface area contributed by atoms with Crippen LogP contribution in [0, 0.1) is 13.8 Å². The monoisotopic (exact) mass is 405 g/mol. The molecule has 0 unspecified atom stereocenters. The number of amides is 1. The van der Waals surface area contributed by atoms with Crippen LogP contribution in [0.2, 0.25) is 0 Å². The molecule has 0 aliphatic heterocycles. The van der Waals surface area contributed by atoms with E-state index in [0.717, 1.165) is 41.1 Å². The van der Waals surface area contributed by atoms with Crippen molar-refractivity contribution in [1.82, 2.24) is 15.1 Å². The van der Waals surface area contributed by atoms with Crippen LogP contribution < -0.4 is 14.8 Å². The van der Waals surface area contributed by atoms with Gasteiger partial charge in [-0.2, -0.15) is 5.10 Å².